The van der Waals surface area contributed by atoms with Crippen molar-refractivity contribution >= 4 is 0 Å². The number of fused-ring (bicyclic) bond motifs is 3. The normalized spacial score (nSPS) is 16.5. The van der Waals surface area contributed by atoms with Crippen LogP contribution < -0.4 is 19.7 Å². The Kier molecular flexibility index (Phi) is 8.35. The Balaban J connectivity index is 1.39. The highest BCUT2D eigenvalue weighted by atomic mass is 16.6. The molecule has 0 bridgehead atoms. The number of ether oxygens (including phenoxy) is 5. The van der Waals surface area contributed by atoms with E-state index in [2.05, 4.69) is 47.9 Å². The predicted octanol–water partition coefficient (Wildman–Crippen LogP) is 5.50. The van der Waals surface area contributed by atoms with Gasteiger partial charge in [-0.05, 0) is 36.6 Å². The summed E-state index contributed by atoms with van der Waals surface area (Å²) >= 11 is 0. The predicted molar refractivity (Wildman–Crippen MR) is 157 cm³/mol. The van der Waals surface area contributed by atoms with Gasteiger partial charge in [-0.2, -0.15) is 0 Å². The van der Waals surface area contributed by atoms with Crippen LogP contribution in [0.4, 0.5) is 0 Å². The van der Waals surface area contributed by atoms with E-state index in [9.17, 15) is 0 Å². The summed E-state index contributed by atoms with van der Waals surface area (Å²) in [6.45, 7) is 6.18. The third-order valence-corrected chi connectivity index (χ3v) is 7.62. The highest BCUT2D eigenvalue weighted by Gasteiger charge is 2.26. The maximum atomic E-state index is 6.42. The van der Waals surface area contributed by atoms with Crippen molar-refractivity contribution in [2.75, 3.05) is 33.5 Å². The van der Waals surface area contributed by atoms with E-state index in [1.54, 1.807) is 7.11 Å². The summed E-state index contributed by atoms with van der Waals surface area (Å²) < 4.78 is 32.4. The molecule has 1 aromatic heterocycles. The van der Waals surface area contributed by atoms with Gasteiger partial charge in [0.2, 0.25) is 0 Å². The third kappa shape index (κ3) is 6.01. The van der Waals surface area contributed by atoms with Gasteiger partial charge in [0.15, 0.2) is 11.5 Å². The van der Waals surface area contributed by atoms with Crippen molar-refractivity contribution in [3.8, 4) is 28.5 Å². The number of aromatic nitrogens is 1. The maximum absolute atomic E-state index is 6.42. The first kappa shape index (κ1) is 27.1. The fraction of sp³-hybridized carbons (Fsp3) is 0.324. The first-order valence-electron chi connectivity index (χ1n) is 14.2. The van der Waals surface area contributed by atoms with E-state index in [0.29, 0.717) is 39.6 Å². The van der Waals surface area contributed by atoms with Crippen LogP contribution in [0.2, 0.25) is 0 Å². The second-order valence-electron chi connectivity index (χ2n) is 10.3. The molecule has 7 nitrogen and oxygen atoms in total. The van der Waals surface area contributed by atoms with E-state index in [1.165, 1.54) is 0 Å². The van der Waals surface area contributed by atoms with Crippen molar-refractivity contribution in [1.82, 2.24) is 4.57 Å². The molecule has 1 unspecified atom stereocenters. The minimum atomic E-state index is -0.0460. The van der Waals surface area contributed by atoms with Crippen LogP contribution in [0.1, 0.15) is 22.3 Å². The third-order valence-electron chi connectivity index (χ3n) is 7.62. The summed E-state index contributed by atoms with van der Waals surface area (Å²) in [5, 5.41) is 0. The molecule has 1 saturated heterocycles. The smallest absolute Gasteiger partial charge is 0.164 e. The number of pyridine rings is 1. The van der Waals surface area contributed by atoms with E-state index in [1.807, 2.05) is 42.5 Å². The molecule has 212 valence electrons. The molecule has 41 heavy (non-hydrogen) atoms. The summed E-state index contributed by atoms with van der Waals surface area (Å²) in [6.07, 6.45) is 0.753. The number of benzene rings is 3. The molecule has 2 aliphatic heterocycles. The largest absolute Gasteiger partial charge is 0.493 e. The average molecular weight is 553 g/mol. The van der Waals surface area contributed by atoms with Crippen molar-refractivity contribution in [1.29, 1.82) is 0 Å². The van der Waals surface area contributed by atoms with Gasteiger partial charge in [-0.25, -0.2) is 0 Å². The lowest BCUT2D eigenvalue weighted by Crippen LogP contribution is -2.33. The second-order valence-corrected chi connectivity index (χ2v) is 10.3. The van der Waals surface area contributed by atoms with Crippen LogP contribution in [0.5, 0.6) is 17.2 Å². The Morgan fingerprint density at radius 3 is 2.24 bits per heavy atom. The Bertz CT molecular complexity index is 1540. The molecule has 0 saturated carbocycles. The van der Waals surface area contributed by atoms with E-state index >= 15 is 0 Å². The Hall–Kier alpha value is -4.07. The van der Waals surface area contributed by atoms with Crippen LogP contribution in [0.3, 0.4) is 0 Å². The molecule has 6 rings (SSSR count). The zero-order valence-electron chi connectivity index (χ0n) is 23.7. The molecule has 2 aliphatic rings. The van der Waals surface area contributed by atoms with E-state index < -0.39 is 0 Å². The van der Waals surface area contributed by atoms with Crippen molar-refractivity contribution in [2.24, 2.45) is 4.99 Å². The SMILES string of the molecule is COc1c(OCc2ccccc2)ccc2c1CCn1c-2c(C)c(OCc2ccccc2)c/c1=N\CC1COCCO1. The van der Waals surface area contributed by atoms with Crippen LogP contribution in [-0.2, 0) is 35.7 Å². The number of nitrogens with zero attached hydrogens (tertiary/aromatic N) is 2. The molecule has 0 aliphatic carbocycles. The fourth-order valence-electron chi connectivity index (χ4n) is 5.54. The zero-order chi connectivity index (χ0) is 28.0. The number of hydrogen-bond donors (Lipinski definition) is 0. The summed E-state index contributed by atoms with van der Waals surface area (Å²) in [5.41, 5.74) is 7.50. The first-order chi connectivity index (χ1) is 20.2. The van der Waals surface area contributed by atoms with Gasteiger partial charge >= 0.3 is 0 Å². The van der Waals surface area contributed by atoms with Gasteiger partial charge in [-0.3, -0.25) is 4.99 Å². The van der Waals surface area contributed by atoms with E-state index in [4.69, 9.17) is 28.7 Å². The van der Waals surface area contributed by atoms with Gasteiger partial charge in [-0.15, -0.1) is 0 Å². The molecule has 1 fully saturated rings. The highest BCUT2D eigenvalue weighted by Crippen LogP contribution is 2.43. The molecule has 0 spiro atoms. The maximum Gasteiger partial charge on any atom is 0.164 e. The van der Waals surface area contributed by atoms with E-state index in [-0.39, 0.29) is 6.10 Å². The Labute approximate surface area is 240 Å². The van der Waals surface area contributed by atoms with Crippen molar-refractivity contribution in [3.05, 3.63) is 107 Å². The molecule has 3 aromatic carbocycles. The molecule has 0 radical (unpaired) electrons. The van der Waals surface area contributed by atoms with Gasteiger partial charge < -0.3 is 28.3 Å². The summed E-state index contributed by atoms with van der Waals surface area (Å²) in [4.78, 5) is 5.02. The fourth-order valence-corrected chi connectivity index (χ4v) is 5.54. The highest BCUT2D eigenvalue weighted by molar-refractivity contribution is 5.75. The Morgan fingerprint density at radius 2 is 1.59 bits per heavy atom. The molecule has 0 amide bonds. The summed E-state index contributed by atoms with van der Waals surface area (Å²) in [7, 11) is 1.72. The minimum absolute atomic E-state index is 0.0460. The van der Waals surface area contributed by atoms with E-state index in [0.717, 1.165) is 69.2 Å². The van der Waals surface area contributed by atoms with Crippen LogP contribution in [0, 0.1) is 6.92 Å². The molecule has 0 N–H and O–H groups in total. The molecule has 1 atom stereocenters. The first-order valence-corrected chi connectivity index (χ1v) is 14.2. The number of rotatable bonds is 9. The van der Waals surface area contributed by atoms with Crippen LogP contribution in [-0.4, -0.2) is 44.1 Å². The van der Waals surface area contributed by atoms with Crippen LogP contribution >= 0.6 is 0 Å². The molecular weight excluding hydrogens is 516 g/mol. The lowest BCUT2D eigenvalue weighted by Gasteiger charge is -2.28. The van der Waals surface area contributed by atoms with Crippen LogP contribution in [0.15, 0.2) is 83.9 Å². The number of methoxy groups -OCH3 is 1. The quantitative estimate of drug-likeness (QED) is 0.274. The number of hydrogen-bond acceptors (Lipinski definition) is 6. The molecule has 4 aromatic rings. The lowest BCUT2D eigenvalue weighted by atomic mass is 9.93. The summed E-state index contributed by atoms with van der Waals surface area (Å²) in [5.74, 6) is 2.35. The standard InChI is InChI=1S/C34H36N2O5/c1-24-31(41-22-26-11-7-4-8-12-26)19-32(35-20-27-23-38-17-18-39-27)36-16-15-29-28(33(24)36)13-14-30(34(29)37-2)40-21-25-9-5-3-6-10-25/h3-14,19,27H,15-18,20-23H2,1-2H3/b35-32+. The van der Waals surface area contributed by atoms with Gasteiger partial charge in [0, 0.05) is 29.3 Å². The average Bonchev–Trinajstić information content (AvgIpc) is 3.03. The van der Waals surface area contributed by atoms with Crippen molar-refractivity contribution in [3.63, 3.8) is 0 Å². The minimum Gasteiger partial charge on any atom is -0.493 e. The molecular formula is C34H36N2O5. The van der Waals surface area contributed by atoms with Gasteiger partial charge in [0.1, 0.15) is 30.6 Å². The molecule has 7 heteroatoms. The summed E-state index contributed by atoms with van der Waals surface area (Å²) in [6, 6.07) is 26.6. The second kappa shape index (κ2) is 12.6. The van der Waals surface area contributed by atoms with Crippen molar-refractivity contribution < 1.29 is 23.7 Å². The molecule has 3 heterocycles. The topological polar surface area (TPSA) is 63.4 Å². The van der Waals surface area contributed by atoms with Crippen molar-refractivity contribution in [2.45, 2.75) is 39.2 Å². The zero-order valence-corrected chi connectivity index (χ0v) is 23.7. The van der Waals surface area contributed by atoms with Crippen LogP contribution in [0.25, 0.3) is 11.3 Å². The Morgan fingerprint density at radius 1 is 0.878 bits per heavy atom. The monoisotopic (exact) mass is 552 g/mol. The van der Waals surface area contributed by atoms with Gasteiger partial charge in [0.25, 0.3) is 0 Å². The van der Waals surface area contributed by atoms with Gasteiger partial charge in [0.05, 0.1) is 39.2 Å². The van der Waals surface area contributed by atoms with Gasteiger partial charge in [-0.1, -0.05) is 60.7 Å². The lowest BCUT2D eigenvalue weighted by molar-refractivity contribution is -0.0835.